The van der Waals surface area contributed by atoms with Crippen LogP contribution in [0.4, 0.5) is 0 Å². The first-order valence-electron chi connectivity index (χ1n) is 25.2. The number of ether oxygens (including phenoxy) is 1. The number of benzene rings is 2. The molecule has 6 fully saturated rings. The molecule has 3 heterocycles. The molecule has 13 unspecified atom stereocenters. The number of rotatable bonds is 7. The summed E-state index contributed by atoms with van der Waals surface area (Å²) in [5.74, 6) is 5.68. The number of nitrogens with two attached hydrogens (primary N) is 1. The number of nitrogens with one attached hydrogen (secondary N) is 1. The standard InChI is InChI=1S/C54H75N3O5S2/c1-51(29-45-38(19-24-58)27-53(49-52(2,62-49)21-18-47(45)51)22-16-35(26-53)17-23-54(60)20-6-10-43(59)28-54)42-15-14-37(25-42)48-34-64-63-33-41-8-4-3-7-36(41)12-13-39(30-56-50(55)57-48)44-11-5-9-40-31-61-32-46(40)44/h3-5,7-9,11,19,31-32,35,37,39,42-43,45,47-49,58-60H,6,10,12-18,20-30,33-34H2,1-2H3,(H3,55,56,57). The molecule has 1 saturated heterocycles. The molecule has 6 N–H and O–H groups in total. The van der Waals surface area contributed by atoms with Gasteiger partial charge in [0.2, 0.25) is 0 Å². The van der Waals surface area contributed by atoms with E-state index in [1.165, 1.54) is 72.6 Å². The number of epoxide rings is 1. The van der Waals surface area contributed by atoms with Gasteiger partial charge < -0.3 is 35.5 Å². The lowest BCUT2D eigenvalue weighted by Gasteiger charge is -2.59. The van der Waals surface area contributed by atoms with Crippen molar-refractivity contribution < 1.29 is 24.5 Å². The molecule has 10 rings (SSSR count). The van der Waals surface area contributed by atoms with Crippen LogP contribution >= 0.6 is 21.6 Å². The number of hydrogen-bond acceptors (Lipinski definition) is 10. The van der Waals surface area contributed by atoms with Crippen LogP contribution < -0.4 is 11.1 Å². The summed E-state index contributed by atoms with van der Waals surface area (Å²) in [6, 6.07) is 15.8. The number of guanidine groups is 1. The molecule has 1 spiro atoms. The highest BCUT2D eigenvalue weighted by Crippen LogP contribution is 2.69. The number of allylic oxidation sites excluding steroid dienone is 1. The Hall–Kier alpha value is -2.47. The van der Waals surface area contributed by atoms with E-state index in [1.54, 1.807) is 0 Å². The Labute approximate surface area is 390 Å². The topological polar surface area (TPSA) is 137 Å². The van der Waals surface area contributed by atoms with Crippen molar-refractivity contribution in [1.29, 1.82) is 0 Å². The summed E-state index contributed by atoms with van der Waals surface area (Å²) in [7, 11) is 3.97. The van der Waals surface area contributed by atoms with Gasteiger partial charge in [0.25, 0.3) is 0 Å². The third kappa shape index (κ3) is 9.12. The fourth-order valence-corrected chi connectivity index (χ4v) is 17.4. The molecule has 5 aliphatic carbocycles. The molecule has 7 aliphatic rings. The quantitative estimate of drug-likeness (QED) is 0.0891. The van der Waals surface area contributed by atoms with E-state index in [0.717, 1.165) is 81.1 Å². The minimum atomic E-state index is -0.713. The average molecular weight is 910 g/mol. The zero-order chi connectivity index (χ0) is 44.1. The maximum atomic E-state index is 11.4. The van der Waals surface area contributed by atoms with E-state index in [0.29, 0.717) is 48.5 Å². The van der Waals surface area contributed by atoms with Crippen molar-refractivity contribution in [3.63, 3.8) is 0 Å². The van der Waals surface area contributed by atoms with Crippen LogP contribution in [0.2, 0.25) is 0 Å². The predicted octanol–water partition coefficient (Wildman–Crippen LogP) is 10.9. The van der Waals surface area contributed by atoms with E-state index >= 15 is 0 Å². The van der Waals surface area contributed by atoms with Gasteiger partial charge in [-0.15, -0.1) is 0 Å². The molecule has 2 aliphatic heterocycles. The summed E-state index contributed by atoms with van der Waals surface area (Å²) in [6.07, 6.45) is 24.5. The molecular weight excluding hydrogens is 835 g/mol. The van der Waals surface area contributed by atoms with E-state index < -0.39 is 5.60 Å². The number of aryl methyl sites for hydroxylation is 1. The van der Waals surface area contributed by atoms with Gasteiger partial charge in [0.15, 0.2) is 5.96 Å². The fourth-order valence-electron chi connectivity index (χ4n) is 14.9. The largest absolute Gasteiger partial charge is 0.471 e. The van der Waals surface area contributed by atoms with Crippen LogP contribution in [0, 0.1) is 40.4 Å². The van der Waals surface area contributed by atoms with E-state index in [2.05, 4.69) is 67.7 Å². The molecule has 2 aromatic carbocycles. The van der Waals surface area contributed by atoms with E-state index in [1.807, 2.05) is 34.1 Å². The third-order valence-electron chi connectivity index (χ3n) is 18.5. The van der Waals surface area contributed by atoms with Crippen LogP contribution in [-0.2, 0) is 16.9 Å². The molecule has 5 saturated carbocycles. The Bertz CT molecular complexity index is 2180. The van der Waals surface area contributed by atoms with Crippen LogP contribution in [-0.4, -0.2) is 69.6 Å². The van der Waals surface area contributed by atoms with Crippen molar-refractivity contribution in [3.8, 4) is 0 Å². The van der Waals surface area contributed by atoms with Gasteiger partial charge >= 0.3 is 0 Å². The highest BCUT2D eigenvalue weighted by molar-refractivity contribution is 8.76. The molecule has 8 nitrogen and oxygen atoms in total. The zero-order valence-electron chi connectivity index (χ0n) is 38.5. The summed E-state index contributed by atoms with van der Waals surface area (Å²) < 4.78 is 12.5. The zero-order valence-corrected chi connectivity index (χ0v) is 40.2. The van der Waals surface area contributed by atoms with Gasteiger partial charge in [-0.3, -0.25) is 4.99 Å². The molecule has 64 heavy (non-hydrogen) atoms. The summed E-state index contributed by atoms with van der Waals surface area (Å²) in [6.45, 7) is 5.76. The second-order valence-corrected chi connectivity index (χ2v) is 24.9. The summed E-state index contributed by atoms with van der Waals surface area (Å²) in [5, 5.41) is 38.4. The van der Waals surface area contributed by atoms with Crippen LogP contribution in [0.25, 0.3) is 10.8 Å². The van der Waals surface area contributed by atoms with Gasteiger partial charge in [-0.2, -0.15) is 0 Å². The normalized spacial score (nSPS) is 41.4. The molecule has 348 valence electrons. The first-order valence-corrected chi connectivity index (χ1v) is 27.7. The van der Waals surface area contributed by atoms with Gasteiger partial charge in [0.1, 0.15) is 0 Å². The second-order valence-electron chi connectivity index (χ2n) is 22.4. The van der Waals surface area contributed by atoms with Crippen molar-refractivity contribution in [2.45, 2.75) is 171 Å². The highest BCUT2D eigenvalue weighted by atomic mass is 33.1. The van der Waals surface area contributed by atoms with Crippen molar-refractivity contribution in [3.05, 3.63) is 83.3 Å². The summed E-state index contributed by atoms with van der Waals surface area (Å²) >= 11 is 0. The van der Waals surface area contributed by atoms with E-state index in [-0.39, 0.29) is 47.2 Å². The van der Waals surface area contributed by atoms with Crippen LogP contribution in [0.15, 0.2) is 76.0 Å². The van der Waals surface area contributed by atoms with Crippen LogP contribution in [0.5, 0.6) is 0 Å². The Balaban J connectivity index is 0.833. The number of aliphatic hydroxyl groups excluding tert-OH is 2. The minimum absolute atomic E-state index is 0.0692. The third-order valence-corrected chi connectivity index (χ3v) is 20.9. The van der Waals surface area contributed by atoms with Gasteiger partial charge in [-0.25, -0.2) is 0 Å². The SMILES string of the molecule is CC12CCC3C(CC3(C)C3CCC(C4CSSCc5ccccc5CCC(c5cccc6cocc56)CN=C(N)N4)C3)C(=CCO)CC3(CCC(CCC4(O)CCCC(O)C4)C3)C1O2. The second kappa shape index (κ2) is 18.6. The Kier molecular flexibility index (Phi) is 13.1. The number of furan rings is 1. The van der Waals surface area contributed by atoms with Gasteiger partial charge in [-0.1, -0.05) is 82.6 Å². The molecule has 3 aromatic rings. The van der Waals surface area contributed by atoms with Gasteiger partial charge in [0, 0.05) is 52.6 Å². The summed E-state index contributed by atoms with van der Waals surface area (Å²) in [4.78, 5) is 5.11. The van der Waals surface area contributed by atoms with Gasteiger partial charge in [-0.05, 0) is 168 Å². The maximum absolute atomic E-state index is 11.4. The minimum Gasteiger partial charge on any atom is -0.471 e. The molecule has 1 aromatic heterocycles. The number of nitrogens with zero attached hydrogens (tertiary/aromatic N) is 1. The Morgan fingerprint density at radius 2 is 1.81 bits per heavy atom. The maximum Gasteiger partial charge on any atom is 0.188 e. The predicted molar refractivity (Wildman–Crippen MR) is 262 cm³/mol. The first kappa shape index (κ1) is 45.3. The van der Waals surface area contributed by atoms with Crippen molar-refractivity contribution in [2.24, 2.45) is 51.1 Å². The number of fused-ring (bicyclic) bond motifs is 5. The summed E-state index contributed by atoms with van der Waals surface area (Å²) in [5.41, 5.74) is 12.1. The Morgan fingerprint density at radius 1 is 0.938 bits per heavy atom. The van der Waals surface area contributed by atoms with Crippen LogP contribution in [0.3, 0.4) is 0 Å². The van der Waals surface area contributed by atoms with E-state index in [4.69, 9.17) is 19.9 Å². The lowest BCUT2D eigenvalue weighted by atomic mass is 9.46. The monoisotopic (exact) mass is 910 g/mol. The molecule has 0 radical (unpaired) electrons. The van der Waals surface area contributed by atoms with Crippen molar-refractivity contribution in [2.75, 3.05) is 18.9 Å². The fraction of sp³-hybridized carbons (Fsp3) is 0.685. The smallest absolute Gasteiger partial charge is 0.188 e. The molecule has 13 atom stereocenters. The lowest BCUT2D eigenvalue weighted by molar-refractivity contribution is -0.0701. The Morgan fingerprint density at radius 3 is 2.67 bits per heavy atom. The lowest BCUT2D eigenvalue weighted by Crippen LogP contribution is -2.51. The molecule has 10 heteroatoms. The first-order chi connectivity index (χ1) is 31.0. The van der Waals surface area contributed by atoms with Gasteiger partial charge in [0.05, 0.1) is 42.5 Å². The van der Waals surface area contributed by atoms with Crippen molar-refractivity contribution in [1.82, 2.24) is 5.32 Å². The average Bonchev–Trinajstić information content (AvgIpc) is 3.74. The van der Waals surface area contributed by atoms with Crippen molar-refractivity contribution >= 4 is 38.3 Å². The molecule has 0 bridgehead atoms. The number of aliphatic hydroxyl groups is 3. The van der Waals surface area contributed by atoms with E-state index in [9.17, 15) is 15.3 Å². The number of aliphatic imine (C=N–C) groups is 1. The highest BCUT2D eigenvalue weighted by Gasteiger charge is 2.67. The molecular formula is C54H75N3O5S2. The van der Waals surface area contributed by atoms with Crippen LogP contribution in [0.1, 0.15) is 146 Å². The number of hydrogen-bond donors (Lipinski definition) is 5. The molecule has 0 amide bonds.